The van der Waals surface area contributed by atoms with Gasteiger partial charge in [-0.2, -0.15) is 0 Å². The maximum Gasteiger partial charge on any atom is 0.257 e. The SMILES string of the molecule is Cc1occc1C(=O)N1CC[C@@]2(C[C@H](NS(C)(=O)=O)CCO2)C1. The van der Waals surface area contributed by atoms with E-state index in [-0.39, 0.29) is 11.9 Å². The Kier molecular flexibility index (Phi) is 4.24. The highest BCUT2D eigenvalue weighted by atomic mass is 32.2. The minimum Gasteiger partial charge on any atom is -0.469 e. The van der Waals surface area contributed by atoms with Gasteiger partial charge >= 0.3 is 0 Å². The second kappa shape index (κ2) is 5.92. The fourth-order valence-electron chi connectivity index (χ4n) is 3.51. The quantitative estimate of drug-likeness (QED) is 0.882. The lowest BCUT2D eigenvalue weighted by Gasteiger charge is -2.38. The number of ether oxygens (including phenoxy) is 1. The monoisotopic (exact) mass is 342 g/mol. The second-order valence-electron chi connectivity index (χ2n) is 6.48. The van der Waals surface area contributed by atoms with Gasteiger partial charge < -0.3 is 14.1 Å². The van der Waals surface area contributed by atoms with E-state index in [9.17, 15) is 13.2 Å². The molecule has 2 atom stereocenters. The zero-order valence-electron chi connectivity index (χ0n) is 13.4. The fraction of sp³-hybridized carbons (Fsp3) is 0.667. The summed E-state index contributed by atoms with van der Waals surface area (Å²) in [7, 11) is -3.24. The van der Waals surface area contributed by atoms with Crippen molar-refractivity contribution in [1.29, 1.82) is 0 Å². The molecule has 0 bridgehead atoms. The van der Waals surface area contributed by atoms with Crippen molar-refractivity contribution >= 4 is 15.9 Å². The number of amides is 1. The van der Waals surface area contributed by atoms with Gasteiger partial charge in [-0.25, -0.2) is 13.1 Å². The van der Waals surface area contributed by atoms with E-state index in [2.05, 4.69) is 4.72 Å². The normalized spacial score (nSPS) is 28.4. The summed E-state index contributed by atoms with van der Waals surface area (Å²) in [6.07, 6.45) is 4.65. The van der Waals surface area contributed by atoms with Gasteiger partial charge in [0.2, 0.25) is 10.0 Å². The summed E-state index contributed by atoms with van der Waals surface area (Å²) in [4.78, 5) is 14.3. The van der Waals surface area contributed by atoms with E-state index in [1.54, 1.807) is 17.9 Å². The van der Waals surface area contributed by atoms with E-state index in [4.69, 9.17) is 9.15 Å². The Morgan fingerprint density at radius 2 is 2.26 bits per heavy atom. The minimum atomic E-state index is -3.24. The minimum absolute atomic E-state index is 0.0603. The van der Waals surface area contributed by atoms with Crippen molar-refractivity contribution in [3.05, 3.63) is 23.7 Å². The van der Waals surface area contributed by atoms with Crippen LogP contribution in [-0.4, -0.2) is 56.8 Å². The van der Waals surface area contributed by atoms with Gasteiger partial charge in [-0.1, -0.05) is 0 Å². The average molecular weight is 342 g/mol. The highest BCUT2D eigenvalue weighted by Gasteiger charge is 2.45. The van der Waals surface area contributed by atoms with Gasteiger partial charge in [0.05, 0.1) is 30.2 Å². The number of nitrogens with one attached hydrogen (secondary N) is 1. The van der Waals surface area contributed by atoms with Crippen LogP contribution in [0.4, 0.5) is 0 Å². The molecule has 1 N–H and O–H groups in total. The molecule has 0 aliphatic carbocycles. The summed E-state index contributed by atoms with van der Waals surface area (Å²) in [5.74, 6) is 0.548. The largest absolute Gasteiger partial charge is 0.469 e. The number of carbonyl (C=O) groups is 1. The Balaban J connectivity index is 1.68. The van der Waals surface area contributed by atoms with E-state index in [1.807, 2.05) is 0 Å². The van der Waals surface area contributed by atoms with Crippen LogP contribution in [0.1, 0.15) is 35.4 Å². The smallest absolute Gasteiger partial charge is 0.257 e. The van der Waals surface area contributed by atoms with Gasteiger partial charge in [-0.3, -0.25) is 4.79 Å². The highest BCUT2D eigenvalue weighted by Crippen LogP contribution is 2.35. The number of hydrogen-bond acceptors (Lipinski definition) is 5. The first-order valence-corrected chi connectivity index (χ1v) is 9.62. The Morgan fingerprint density at radius 3 is 2.91 bits per heavy atom. The number of sulfonamides is 1. The molecule has 8 heteroatoms. The maximum atomic E-state index is 12.6. The lowest BCUT2D eigenvalue weighted by molar-refractivity contribution is -0.0763. The lowest BCUT2D eigenvalue weighted by atomic mass is 9.90. The van der Waals surface area contributed by atoms with Crippen LogP contribution in [0.25, 0.3) is 0 Å². The fourth-order valence-corrected chi connectivity index (χ4v) is 4.32. The van der Waals surface area contributed by atoms with Crippen LogP contribution in [0.3, 0.4) is 0 Å². The number of rotatable bonds is 3. The van der Waals surface area contributed by atoms with Gasteiger partial charge in [0.15, 0.2) is 0 Å². The summed E-state index contributed by atoms with van der Waals surface area (Å²) in [6, 6.07) is 1.54. The zero-order valence-corrected chi connectivity index (χ0v) is 14.2. The predicted octanol–water partition coefficient (Wildman–Crippen LogP) is 0.901. The molecule has 0 unspecified atom stereocenters. The molecule has 1 amide bonds. The zero-order chi connectivity index (χ0) is 16.7. The second-order valence-corrected chi connectivity index (χ2v) is 8.26. The molecule has 0 saturated carbocycles. The number of nitrogens with zero attached hydrogens (tertiary/aromatic N) is 1. The molecule has 128 valence electrons. The molecule has 2 aliphatic rings. The molecule has 3 rings (SSSR count). The van der Waals surface area contributed by atoms with E-state index in [0.717, 1.165) is 6.42 Å². The summed E-state index contributed by atoms with van der Waals surface area (Å²) in [6.45, 7) is 3.36. The van der Waals surface area contributed by atoms with Crippen LogP contribution in [0.2, 0.25) is 0 Å². The molecule has 0 aromatic carbocycles. The number of aryl methyl sites for hydroxylation is 1. The Morgan fingerprint density at radius 1 is 1.48 bits per heavy atom. The Hall–Kier alpha value is -1.38. The third kappa shape index (κ3) is 3.59. The first-order chi connectivity index (χ1) is 10.8. The summed E-state index contributed by atoms with van der Waals surface area (Å²) in [5, 5.41) is 0. The highest BCUT2D eigenvalue weighted by molar-refractivity contribution is 7.88. The molecular weight excluding hydrogens is 320 g/mol. The summed E-state index contributed by atoms with van der Waals surface area (Å²) in [5.41, 5.74) is 0.122. The topological polar surface area (TPSA) is 88.9 Å². The van der Waals surface area contributed by atoms with E-state index < -0.39 is 15.6 Å². The molecule has 2 saturated heterocycles. The summed E-state index contributed by atoms with van der Waals surface area (Å²) < 4.78 is 36.7. The van der Waals surface area contributed by atoms with Crippen molar-refractivity contribution in [3.63, 3.8) is 0 Å². The van der Waals surface area contributed by atoms with Crippen LogP contribution >= 0.6 is 0 Å². The van der Waals surface area contributed by atoms with Gasteiger partial charge in [0, 0.05) is 19.2 Å². The van der Waals surface area contributed by atoms with Crippen molar-refractivity contribution in [3.8, 4) is 0 Å². The standard InChI is InChI=1S/C15H22N2O5S/c1-11-13(4-7-21-11)14(18)17-6-5-15(10-17)9-12(3-8-22-15)16-23(2,19)20/h4,7,12,16H,3,5-6,8-10H2,1-2H3/t12-,15-/m1/s1. The molecule has 2 fully saturated rings. The van der Waals surface area contributed by atoms with Crippen molar-refractivity contribution in [2.75, 3.05) is 26.0 Å². The van der Waals surface area contributed by atoms with Crippen LogP contribution in [0.15, 0.2) is 16.7 Å². The Labute approximate surface area is 136 Å². The number of carbonyl (C=O) groups excluding carboxylic acids is 1. The first kappa shape index (κ1) is 16.5. The van der Waals surface area contributed by atoms with Crippen molar-refractivity contribution in [2.24, 2.45) is 0 Å². The van der Waals surface area contributed by atoms with Crippen molar-refractivity contribution in [2.45, 2.75) is 37.8 Å². The van der Waals surface area contributed by atoms with Crippen LogP contribution in [0.5, 0.6) is 0 Å². The van der Waals surface area contributed by atoms with Crippen LogP contribution in [0, 0.1) is 6.92 Å². The predicted molar refractivity (Wildman–Crippen MR) is 83.7 cm³/mol. The molecular formula is C15H22N2O5S. The molecule has 1 aromatic rings. The number of likely N-dealkylation sites (tertiary alicyclic amines) is 1. The molecule has 0 radical (unpaired) electrons. The third-order valence-electron chi connectivity index (χ3n) is 4.57. The molecule has 2 aliphatic heterocycles. The molecule has 1 aromatic heterocycles. The van der Waals surface area contributed by atoms with E-state index in [1.165, 1.54) is 12.5 Å². The lowest BCUT2D eigenvalue weighted by Crippen LogP contribution is -2.50. The molecule has 7 nitrogen and oxygen atoms in total. The van der Waals surface area contributed by atoms with Crippen molar-refractivity contribution < 1.29 is 22.4 Å². The average Bonchev–Trinajstić information content (AvgIpc) is 3.03. The summed E-state index contributed by atoms with van der Waals surface area (Å²) >= 11 is 0. The Bertz CT molecular complexity index is 698. The van der Waals surface area contributed by atoms with Crippen LogP contribution < -0.4 is 4.72 Å². The number of hydrogen-bond donors (Lipinski definition) is 1. The molecule has 1 spiro atoms. The van der Waals surface area contributed by atoms with E-state index in [0.29, 0.717) is 43.9 Å². The molecule has 3 heterocycles. The number of furan rings is 1. The first-order valence-electron chi connectivity index (χ1n) is 7.73. The van der Waals surface area contributed by atoms with E-state index >= 15 is 0 Å². The van der Waals surface area contributed by atoms with Gasteiger partial charge in [-0.05, 0) is 32.3 Å². The van der Waals surface area contributed by atoms with Gasteiger partial charge in [0.25, 0.3) is 5.91 Å². The van der Waals surface area contributed by atoms with Crippen molar-refractivity contribution in [1.82, 2.24) is 9.62 Å². The van der Waals surface area contributed by atoms with Crippen LogP contribution in [-0.2, 0) is 14.8 Å². The molecule has 23 heavy (non-hydrogen) atoms. The van der Waals surface area contributed by atoms with Gasteiger partial charge in [-0.15, -0.1) is 0 Å². The maximum absolute atomic E-state index is 12.6. The third-order valence-corrected chi connectivity index (χ3v) is 5.33. The van der Waals surface area contributed by atoms with Gasteiger partial charge in [0.1, 0.15) is 5.76 Å².